The summed E-state index contributed by atoms with van der Waals surface area (Å²) in [5, 5.41) is 3.19. The molecule has 0 saturated carbocycles. The summed E-state index contributed by atoms with van der Waals surface area (Å²) < 4.78 is 17.3. The number of ether oxygens (including phenoxy) is 3. The molecule has 1 amide bonds. The van der Waals surface area contributed by atoms with Crippen molar-refractivity contribution in [3.05, 3.63) is 89.5 Å². The third-order valence-electron chi connectivity index (χ3n) is 6.81. The SMILES string of the molecule is COc1ccccc1C(CCNC(=O)CC(c1ccc(OC(C)C)cc1)C(C)C)c1ccc(OC(C)C)cc1. The van der Waals surface area contributed by atoms with Gasteiger partial charge in [0.2, 0.25) is 5.91 Å². The van der Waals surface area contributed by atoms with Crippen molar-refractivity contribution in [2.24, 2.45) is 5.92 Å². The highest BCUT2D eigenvalue weighted by Crippen LogP contribution is 2.35. The topological polar surface area (TPSA) is 56.8 Å². The van der Waals surface area contributed by atoms with E-state index in [1.165, 1.54) is 0 Å². The molecule has 3 rings (SSSR count). The minimum Gasteiger partial charge on any atom is -0.496 e. The molecule has 5 nitrogen and oxygen atoms in total. The molecule has 3 aromatic rings. The second-order valence-electron chi connectivity index (χ2n) is 11.0. The van der Waals surface area contributed by atoms with E-state index < -0.39 is 0 Å². The molecule has 0 bridgehead atoms. The Morgan fingerprint density at radius 2 is 1.28 bits per heavy atom. The van der Waals surface area contributed by atoms with Crippen molar-refractivity contribution in [3.63, 3.8) is 0 Å². The number of carbonyl (C=O) groups excluding carboxylic acids is 1. The van der Waals surface area contributed by atoms with Crippen molar-refractivity contribution in [1.29, 1.82) is 0 Å². The highest BCUT2D eigenvalue weighted by Gasteiger charge is 2.22. The van der Waals surface area contributed by atoms with Crippen LogP contribution in [0.5, 0.6) is 17.2 Å². The fourth-order valence-electron chi connectivity index (χ4n) is 4.94. The maximum Gasteiger partial charge on any atom is 0.220 e. The first-order valence-electron chi connectivity index (χ1n) is 14.1. The molecular formula is C34H45NO4. The van der Waals surface area contributed by atoms with Crippen LogP contribution in [0, 0.1) is 5.92 Å². The molecular weight excluding hydrogens is 486 g/mol. The summed E-state index contributed by atoms with van der Waals surface area (Å²) in [5.74, 6) is 3.16. The lowest BCUT2D eigenvalue weighted by atomic mass is 9.85. The minimum atomic E-state index is 0.0654. The molecule has 0 saturated heterocycles. The lowest BCUT2D eigenvalue weighted by Crippen LogP contribution is -2.28. The Morgan fingerprint density at radius 3 is 1.79 bits per heavy atom. The van der Waals surface area contributed by atoms with E-state index in [1.807, 2.05) is 70.2 Å². The Bertz CT molecular complexity index is 1150. The van der Waals surface area contributed by atoms with E-state index in [9.17, 15) is 4.79 Å². The number of carbonyl (C=O) groups is 1. The number of para-hydroxylation sites is 1. The first-order chi connectivity index (χ1) is 18.7. The van der Waals surface area contributed by atoms with Gasteiger partial charge in [-0.05, 0) is 87.4 Å². The van der Waals surface area contributed by atoms with Gasteiger partial charge in [0.05, 0.1) is 19.3 Å². The van der Waals surface area contributed by atoms with Crippen molar-refractivity contribution >= 4 is 5.91 Å². The zero-order chi connectivity index (χ0) is 28.4. The van der Waals surface area contributed by atoms with Crippen molar-refractivity contribution in [3.8, 4) is 17.2 Å². The van der Waals surface area contributed by atoms with Crippen LogP contribution in [0.15, 0.2) is 72.8 Å². The van der Waals surface area contributed by atoms with E-state index in [4.69, 9.17) is 14.2 Å². The zero-order valence-corrected chi connectivity index (χ0v) is 24.6. The summed E-state index contributed by atoms with van der Waals surface area (Å²) in [6.07, 6.45) is 1.46. The monoisotopic (exact) mass is 531 g/mol. The standard InChI is InChI=1S/C34H45NO4/c1-23(2)32(27-14-18-29(19-15-27)39-25(5)6)22-34(36)35-21-20-30(31-10-8-9-11-33(31)37-7)26-12-16-28(17-13-26)38-24(3)4/h8-19,23-25,30,32H,20-22H2,1-7H3,(H,35,36). The summed E-state index contributed by atoms with van der Waals surface area (Å²) in [5.41, 5.74) is 3.43. The molecule has 1 N–H and O–H groups in total. The van der Waals surface area contributed by atoms with Gasteiger partial charge in [-0.25, -0.2) is 0 Å². The summed E-state index contributed by atoms with van der Waals surface area (Å²) >= 11 is 0. The molecule has 0 aromatic heterocycles. The van der Waals surface area contributed by atoms with Crippen LogP contribution in [0.25, 0.3) is 0 Å². The average Bonchev–Trinajstić information content (AvgIpc) is 2.90. The molecule has 0 aliphatic heterocycles. The summed E-state index contributed by atoms with van der Waals surface area (Å²) in [7, 11) is 1.70. The molecule has 0 fully saturated rings. The van der Waals surface area contributed by atoms with Gasteiger partial charge in [-0.1, -0.05) is 56.3 Å². The van der Waals surface area contributed by atoms with Gasteiger partial charge in [0.25, 0.3) is 0 Å². The van der Waals surface area contributed by atoms with Crippen molar-refractivity contribution in [1.82, 2.24) is 5.32 Å². The van der Waals surface area contributed by atoms with Crippen LogP contribution in [-0.4, -0.2) is 31.8 Å². The molecule has 0 aliphatic rings. The first kappa shape index (κ1) is 30.1. The van der Waals surface area contributed by atoms with E-state index >= 15 is 0 Å². The van der Waals surface area contributed by atoms with Gasteiger partial charge in [0.1, 0.15) is 17.2 Å². The fourth-order valence-corrected chi connectivity index (χ4v) is 4.94. The Labute approximate surface area is 234 Å². The quantitative estimate of drug-likeness (QED) is 0.231. The second-order valence-corrected chi connectivity index (χ2v) is 11.0. The van der Waals surface area contributed by atoms with Crippen LogP contribution in [0.3, 0.4) is 0 Å². The van der Waals surface area contributed by atoms with E-state index in [1.54, 1.807) is 7.11 Å². The third-order valence-corrected chi connectivity index (χ3v) is 6.81. The number of benzene rings is 3. The Balaban J connectivity index is 1.69. The van der Waals surface area contributed by atoms with Gasteiger partial charge in [-0.2, -0.15) is 0 Å². The number of nitrogens with one attached hydrogen (secondary N) is 1. The minimum absolute atomic E-state index is 0.0654. The highest BCUT2D eigenvalue weighted by atomic mass is 16.5. The number of rotatable bonds is 14. The summed E-state index contributed by atoms with van der Waals surface area (Å²) in [6, 6.07) is 24.5. The highest BCUT2D eigenvalue weighted by molar-refractivity contribution is 5.77. The zero-order valence-electron chi connectivity index (χ0n) is 24.6. The van der Waals surface area contributed by atoms with Gasteiger partial charge >= 0.3 is 0 Å². The molecule has 39 heavy (non-hydrogen) atoms. The van der Waals surface area contributed by atoms with E-state index in [2.05, 4.69) is 49.5 Å². The Kier molecular flexibility index (Phi) is 11.3. The smallest absolute Gasteiger partial charge is 0.220 e. The second kappa shape index (κ2) is 14.6. The molecule has 0 radical (unpaired) electrons. The lowest BCUT2D eigenvalue weighted by Gasteiger charge is -2.23. The summed E-state index contributed by atoms with van der Waals surface area (Å²) in [6.45, 7) is 13.0. The van der Waals surface area contributed by atoms with Gasteiger partial charge in [-0.3, -0.25) is 4.79 Å². The number of amides is 1. The van der Waals surface area contributed by atoms with Crippen molar-refractivity contribution < 1.29 is 19.0 Å². The van der Waals surface area contributed by atoms with Crippen LogP contribution in [-0.2, 0) is 4.79 Å². The largest absolute Gasteiger partial charge is 0.496 e. The molecule has 3 aromatic carbocycles. The van der Waals surface area contributed by atoms with Crippen LogP contribution < -0.4 is 19.5 Å². The maximum absolute atomic E-state index is 13.1. The molecule has 2 unspecified atom stereocenters. The van der Waals surface area contributed by atoms with Crippen molar-refractivity contribution in [2.45, 2.75) is 78.4 Å². The summed E-state index contributed by atoms with van der Waals surface area (Å²) in [4.78, 5) is 13.1. The number of hydrogen-bond donors (Lipinski definition) is 1. The number of methoxy groups -OCH3 is 1. The van der Waals surface area contributed by atoms with Crippen LogP contribution >= 0.6 is 0 Å². The predicted molar refractivity (Wildman–Crippen MR) is 159 cm³/mol. The Morgan fingerprint density at radius 1 is 0.744 bits per heavy atom. The predicted octanol–water partition coefficient (Wildman–Crippen LogP) is 7.74. The van der Waals surface area contributed by atoms with Gasteiger partial charge in [-0.15, -0.1) is 0 Å². The molecule has 210 valence electrons. The molecule has 5 heteroatoms. The average molecular weight is 532 g/mol. The van der Waals surface area contributed by atoms with Crippen LogP contribution in [0.4, 0.5) is 0 Å². The molecule has 2 atom stereocenters. The molecule has 0 aliphatic carbocycles. The number of hydrogen-bond acceptors (Lipinski definition) is 4. The molecule has 0 heterocycles. The van der Waals surface area contributed by atoms with E-state index in [0.29, 0.717) is 18.9 Å². The van der Waals surface area contributed by atoms with Crippen LogP contribution in [0.2, 0.25) is 0 Å². The van der Waals surface area contributed by atoms with Gasteiger partial charge < -0.3 is 19.5 Å². The van der Waals surface area contributed by atoms with E-state index in [0.717, 1.165) is 40.4 Å². The normalized spacial score (nSPS) is 12.9. The lowest BCUT2D eigenvalue weighted by molar-refractivity contribution is -0.121. The third kappa shape index (κ3) is 9.05. The first-order valence-corrected chi connectivity index (χ1v) is 14.1. The van der Waals surface area contributed by atoms with Crippen LogP contribution in [0.1, 0.15) is 82.9 Å². The van der Waals surface area contributed by atoms with Gasteiger partial charge in [0, 0.05) is 24.4 Å². The van der Waals surface area contributed by atoms with E-state index in [-0.39, 0.29) is 30.0 Å². The maximum atomic E-state index is 13.1. The fraction of sp³-hybridized carbons (Fsp3) is 0.441. The van der Waals surface area contributed by atoms with Gasteiger partial charge in [0.15, 0.2) is 0 Å². The molecule has 0 spiro atoms. The van der Waals surface area contributed by atoms with Crippen molar-refractivity contribution in [2.75, 3.05) is 13.7 Å². The Hall–Kier alpha value is -3.47.